The molecule has 7 aliphatic carbocycles. The number of carbonyl (C=O) groups is 5. The van der Waals surface area contributed by atoms with Gasteiger partial charge in [-0.25, -0.2) is 0 Å². The Morgan fingerprint density at radius 3 is 0.763 bits per heavy atom. The molecule has 7 rings (SSSR count). The van der Waals surface area contributed by atoms with Crippen LogP contribution in [0.2, 0.25) is 0 Å². The second-order valence-electron chi connectivity index (χ2n) is 34.3. The number of hydrogen-bond donors (Lipinski definition) is 0. The van der Waals surface area contributed by atoms with Crippen molar-refractivity contribution in [1.29, 1.82) is 0 Å². The average molecular weight is 1390 g/mol. The molecule has 7 saturated carbocycles. The fourth-order valence-electron chi connectivity index (χ4n) is 14.4. The Kier molecular flexibility index (Phi) is 51.7. The topological polar surface area (TPSA) is 132 Å². The zero-order valence-corrected chi connectivity index (χ0v) is 61.4. The van der Waals surface area contributed by atoms with Crippen LogP contribution in [-0.2, 0) is 47.7 Å². The molecule has 0 N–H and O–H groups in total. The van der Waals surface area contributed by atoms with Crippen molar-refractivity contribution in [3.8, 4) is 0 Å². The van der Waals surface area contributed by atoms with Crippen LogP contribution in [0, 0.1) is 55.7 Å². The summed E-state index contributed by atoms with van der Waals surface area (Å²) in [6.07, 6.45) is 39.0. The Morgan fingerprint density at radius 1 is 0.309 bits per heavy atom. The monoisotopic (exact) mass is 1390 g/mol. The van der Waals surface area contributed by atoms with Crippen molar-refractivity contribution >= 4 is 29.8 Å². The highest BCUT2D eigenvalue weighted by molar-refractivity contribution is 5.78. The van der Waals surface area contributed by atoms with Crippen LogP contribution in [0.1, 0.15) is 452 Å². The zero-order valence-electron chi connectivity index (χ0n) is 61.4. The Balaban J connectivity index is -0.000000166. The highest BCUT2D eigenvalue weighted by Crippen LogP contribution is 2.71. The van der Waals surface area contributed by atoms with Gasteiger partial charge in [0.05, 0.1) is 27.1 Å². The Labute approximate surface area is 610 Å². The smallest absolute Gasteiger partial charge is 0.312 e. The Hall–Kier alpha value is -2.65. The molecular formula is C87H180O10. The maximum absolute atomic E-state index is 12.5. The van der Waals surface area contributed by atoms with Crippen molar-refractivity contribution in [3.05, 3.63) is 0 Å². The first kappa shape index (κ1) is 110. The van der Waals surface area contributed by atoms with E-state index >= 15 is 0 Å². The van der Waals surface area contributed by atoms with E-state index in [1.807, 2.05) is 90.0 Å². The molecule has 4 bridgehead atoms. The molecular weight excluding hydrogens is 1200 g/mol. The summed E-state index contributed by atoms with van der Waals surface area (Å²) in [6.45, 7) is 47.7. The third kappa shape index (κ3) is 30.7. The van der Waals surface area contributed by atoms with Crippen LogP contribution in [0.15, 0.2) is 0 Å². The van der Waals surface area contributed by atoms with E-state index in [0.717, 1.165) is 89.4 Å². The molecule has 0 spiro atoms. The van der Waals surface area contributed by atoms with Crippen LogP contribution in [-0.4, -0.2) is 57.9 Å². The van der Waals surface area contributed by atoms with Crippen LogP contribution in [0.3, 0.4) is 0 Å². The van der Waals surface area contributed by atoms with Crippen molar-refractivity contribution in [2.75, 3.05) is 0 Å². The summed E-state index contributed by atoms with van der Waals surface area (Å²) < 4.78 is 29.5. The number of carbonyl (C=O) groups excluding carboxylic acids is 5. The second-order valence-corrected chi connectivity index (χ2v) is 34.3. The summed E-state index contributed by atoms with van der Waals surface area (Å²) in [4.78, 5) is 61.1. The molecule has 6 unspecified atom stereocenters. The molecule has 6 atom stereocenters. The number of rotatable bonds is 15. The minimum atomic E-state index is -0.370. The van der Waals surface area contributed by atoms with E-state index in [4.69, 9.17) is 23.7 Å². The van der Waals surface area contributed by atoms with E-state index in [1.165, 1.54) is 135 Å². The van der Waals surface area contributed by atoms with Crippen molar-refractivity contribution < 1.29 is 47.7 Å². The summed E-state index contributed by atoms with van der Waals surface area (Å²) in [5.41, 5.74) is -2.45. The number of esters is 5. The van der Waals surface area contributed by atoms with Crippen LogP contribution >= 0.6 is 0 Å². The van der Waals surface area contributed by atoms with Gasteiger partial charge in [0.25, 0.3) is 0 Å². The maximum atomic E-state index is 12.5. The molecule has 0 saturated heterocycles. The number of hydrogen-bond acceptors (Lipinski definition) is 10. The van der Waals surface area contributed by atoms with Gasteiger partial charge in [-0.05, 0) is 281 Å². The summed E-state index contributed by atoms with van der Waals surface area (Å²) >= 11 is 0. The normalized spacial score (nSPS) is 25.7. The lowest BCUT2D eigenvalue weighted by Crippen LogP contribution is -2.49. The van der Waals surface area contributed by atoms with Crippen LogP contribution in [0.4, 0.5) is 0 Å². The van der Waals surface area contributed by atoms with E-state index < -0.39 is 0 Å². The van der Waals surface area contributed by atoms with Crippen LogP contribution in [0.5, 0.6) is 0 Å². The lowest BCUT2D eigenvalue weighted by Gasteiger charge is -2.46. The molecule has 0 aliphatic heterocycles. The largest absolute Gasteiger partial charge is 0.459 e. The van der Waals surface area contributed by atoms with Gasteiger partial charge in [0.15, 0.2) is 0 Å². The molecule has 0 heterocycles. The molecule has 7 aliphatic rings. The van der Waals surface area contributed by atoms with Gasteiger partial charge in [-0.3, -0.25) is 24.0 Å². The highest BCUT2D eigenvalue weighted by Gasteiger charge is 2.69. The molecule has 0 amide bonds. The first-order valence-electron chi connectivity index (χ1n) is 36.2. The SMILES string of the molecule is C.C.C.C.C.C.C.C.C.C.CCC(C)(C)C(=O)OC1(C)CC2CCC1(C)C2(C)C.CCC(C)(C)C(=O)OC1(C)CC2CCC1C2.CCC(C)(C)C(=O)OC1(C)CCCCCC1.CCC(C)(C)C(=O)OC1(C)CCCCCCC1.CCC(C)(C)C(=O)OC1(C)CCCCCCCCC1. The predicted octanol–water partition coefficient (Wildman–Crippen LogP) is 28.3. The molecule has 0 aromatic carbocycles. The summed E-state index contributed by atoms with van der Waals surface area (Å²) in [5, 5.41) is 0. The predicted molar refractivity (Wildman–Crippen MR) is 426 cm³/mol. The Bertz CT molecular complexity index is 2140. The average Bonchev–Trinajstić information content (AvgIpc) is 1.54. The first-order valence-corrected chi connectivity index (χ1v) is 36.2. The van der Waals surface area contributed by atoms with Gasteiger partial charge >= 0.3 is 29.8 Å². The van der Waals surface area contributed by atoms with Gasteiger partial charge in [0, 0.05) is 5.41 Å². The molecule has 0 aromatic heterocycles. The number of ether oxygens (including phenoxy) is 5. The summed E-state index contributed by atoms with van der Waals surface area (Å²) in [7, 11) is 0. The lowest BCUT2D eigenvalue weighted by molar-refractivity contribution is -0.185. The van der Waals surface area contributed by atoms with E-state index in [2.05, 4.69) is 69.2 Å². The van der Waals surface area contributed by atoms with Crippen molar-refractivity contribution in [1.82, 2.24) is 0 Å². The number of fused-ring (bicyclic) bond motifs is 4. The van der Waals surface area contributed by atoms with E-state index in [9.17, 15) is 24.0 Å². The quantitative estimate of drug-likeness (QED) is 0.0887. The molecule has 10 nitrogen and oxygen atoms in total. The molecule has 97 heavy (non-hydrogen) atoms. The van der Waals surface area contributed by atoms with Gasteiger partial charge < -0.3 is 23.7 Å². The van der Waals surface area contributed by atoms with Crippen LogP contribution in [0.25, 0.3) is 0 Å². The first-order chi connectivity index (χ1) is 40.1. The third-order valence-corrected chi connectivity index (χ3v) is 24.7. The van der Waals surface area contributed by atoms with Crippen molar-refractivity contribution in [2.24, 2.45) is 55.7 Å². The third-order valence-electron chi connectivity index (χ3n) is 24.7. The van der Waals surface area contributed by atoms with E-state index in [0.29, 0.717) is 11.8 Å². The summed E-state index contributed by atoms with van der Waals surface area (Å²) in [6, 6.07) is 0. The standard InChI is InChI=1S/C17H30O2.C17H32O2.C15H28O2.C14H24O2.C14H26O2.10CH4/c1-8-14(2,3)13(18)19-17(7)11-12-9-10-16(17,6)15(12,4)5;1-5-16(2,3)15(18)19-17(4)13-11-9-7-6-8-10-12-14-17;1-5-14(2,3)13(16)17-15(4)11-9-7-6-8-10-12-15;1-5-13(2,3)12(15)16-14(4)9-10-6-7-11(14)8-10;1-5-13(2,3)12(15)16-14(4)10-8-6-7-9-11-14;;;;;;;;;;/h12H,8-11H2,1-7H3;5-14H2,1-4H3;5-12H2,1-4H3;10-11H,5-9H2,1-4H3;5-11H2,1-4H3;10*1H4. The summed E-state index contributed by atoms with van der Waals surface area (Å²) in [5.74, 6) is 2.02. The molecule has 7 fully saturated rings. The van der Waals surface area contributed by atoms with E-state index in [-0.39, 0.29) is 170 Å². The molecule has 0 radical (unpaired) electrons. The van der Waals surface area contributed by atoms with Gasteiger partial charge in [-0.1, -0.05) is 194 Å². The zero-order chi connectivity index (χ0) is 66.2. The fraction of sp³-hybridized carbons (Fsp3) is 0.943. The maximum Gasteiger partial charge on any atom is 0.312 e. The van der Waals surface area contributed by atoms with Gasteiger partial charge in [0.2, 0.25) is 0 Å². The molecule has 0 aromatic rings. The lowest BCUT2D eigenvalue weighted by atomic mass is 9.65. The van der Waals surface area contributed by atoms with Gasteiger partial charge in [-0.15, -0.1) is 0 Å². The molecule has 588 valence electrons. The van der Waals surface area contributed by atoms with Crippen molar-refractivity contribution in [2.45, 2.75) is 480 Å². The molecule has 10 heteroatoms. The van der Waals surface area contributed by atoms with Gasteiger partial charge in [0.1, 0.15) is 28.0 Å². The minimum Gasteiger partial charge on any atom is -0.459 e. The van der Waals surface area contributed by atoms with Gasteiger partial charge in [-0.2, -0.15) is 0 Å². The van der Waals surface area contributed by atoms with Crippen LogP contribution < -0.4 is 0 Å². The van der Waals surface area contributed by atoms with Crippen molar-refractivity contribution in [3.63, 3.8) is 0 Å². The highest BCUT2D eigenvalue weighted by atomic mass is 16.6. The van der Waals surface area contributed by atoms with E-state index in [1.54, 1.807) is 0 Å². The minimum absolute atomic E-state index is 0. The Morgan fingerprint density at radius 2 is 0.557 bits per heavy atom. The fourth-order valence-corrected chi connectivity index (χ4v) is 14.4. The second kappa shape index (κ2) is 45.5.